The normalized spacial score (nSPS) is 37.1. The highest BCUT2D eigenvalue weighted by Gasteiger charge is 2.35. The Balaban J connectivity index is 2.12. The molecule has 2 atom stereocenters. The SMILES string of the molecule is N#CCC1OC1Br. The Labute approximate surface area is 50.2 Å². The Bertz CT molecular complexity index is 109. The van der Waals surface area contributed by atoms with E-state index in [-0.39, 0.29) is 11.1 Å². The van der Waals surface area contributed by atoms with Crippen LogP contribution in [-0.2, 0) is 4.74 Å². The van der Waals surface area contributed by atoms with E-state index in [4.69, 9.17) is 10.00 Å². The van der Waals surface area contributed by atoms with Crippen molar-refractivity contribution in [3.63, 3.8) is 0 Å². The number of hydrogen-bond acceptors (Lipinski definition) is 2. The second-order valence-electron chi connectivity index (χ2n) is 1.39. The molecule has 1 saturated heterocycles. The molecule has 0 amide bonds. The average molecular weight is 162 g/mol. The maximum absolute atomic E-state index is 8.04. The van der Waals surface area contributed by atoms with Gasteiger partial charge < -0.3 is 4.74 Å². The van der Waals surface area contributed by atoms with Crippen molar-refractivity contribution in [2.75, 3.05) is 0 Å². The summed E-state index contributed by atoms with van der Waals surface area (Å²) in [6.07, 6.45) is 0.681. The van der Waals surface area contributed by atoms with E-state index in [0.717, 1.165) is 0 Å². The van der Waals surface area contributed by atoms with Crippen LogP contribution in [0.25, 0.3) is 0 Å². The average Bonchev–Trinajstić information content (AvgIpc) is 2.22. The van der Waals surface area contributed by atoms with Gasteiger partial charge in [-0.25, -0.2) is 0 Å². The first-order valence-electron chi connectivity index (χ1n) is 2.01. The second kappa shape index (κ2) is 1.81. The molecule has 2 unspecified atom stereocenters. The van der Waals surface area contributed by atoms with Crippen molar-refractivity contribution in [3.8, 4) is 6.07 Å². The number of ether oxygens (including phenoxy) is 1. The van der Waals surface area contributed by atoms with Gasteiger partial charge in [0.15, 0.2) is 0 Å². The molecule has 0 radical (unpaired) electrons. The zero-order valence-corrected chi connectivity index (χ0v) is 5.18. The van der Waals surface area contributed by atoms with Crippen LogP contribution in [-0.4, -0.2) is 11.1 Å². The number of nitriles is 1. The molecule has 1 aliphatic heterocycles. The summed E-state index contributed by atoms with van der Waals surface area (Å²) in [5.41, 5.74) is 0. The molecule has 0 aromatic rings. The van der Waals surface area contributed by atoms with Crippen LogP contribution in [0.2, 0.25) is 0 Å². The van der Waals surface area contributed by atoms with Crippen molar-refractivity contribution in [3.05, 3.63) is 0 Å². The molecule has 0 saturated carbocycles. The predicted octanol–water partition coefficient (Wildman–Crippen LogP) is 1.02. The molecule has 3 heteroatoms. The van der Waals surface area contributed by atoms with Gasteiger partial charge in [-0.05, 0) is 0 Å². The van der Waals surface area contributed by atoms with E-state index < -0.39 is 0 Å². The lowest BCUT2D eigenvalue weighted by Gasteiger charge is -1.69. The van der Waals surface area contributed by atoms with Gasteiger partial charge in [-0.2, -0.15) is 5.26 Å². The van der Waals surface area contributed by atoms with E-state index in [2.05, 4.69) is 15.9 Å². The predicted molar refractivity (Wildman–Crippen MR) is 27.8 cm³/mol. The van der Waals surface area contributed by atoms with E-state index in [1.54, 1.807) is 0 Å². The summed E-state index contributed by atoms with van der Waals surface area (Å²) in [4.78, 5) is 0. The molecule has 0 bridgehead atoms. The number of nitrogens with zero attached hydrogens (tertiary/aromatic N) is 1. The van der Waals surface area contributed by atoms with Gasteiger partial charge in [0.2, 0.25) is 0 Å². The van der Waals surface area contributed by atoms with Crippen LogP contribution in [0.15, 0.2) is 0 Å². The number of hydrogen-bond donors (Lipinski definition) is 0. The Morgan fingerprint density at radius 3 is 2.57 bits per heavy atom. The smallest absolute Gasteiger partial charge is 0.140 e. The minimum atomic E-state index is 0.159. The quantitative estimate of drug-likeness (QED) is 0.426. The van der Waals surface area contributed by atoms with Crippen molar-refractivity contribution < 1.29 is 4.74 Å². The van der Waals surface area contributed by atoms with Gasteiger partial charge in [0.05, 0.1) is 12.5 Å². The summed E-state index contributed by atoms with van der Waals surface area (Å²) in [6.45, 7) is 0. The van der Waals surface area contributed by atoms with Crippen LogP contribution < -0.4 is 0 Å². The van der Waals surface area contributed by atoms with Crippen LogP contribution >= 0.6 is 15.9 Å². The Kier molecular flexibility index (Phi) is 1.31. The van der Waals surface area contributed by atoms with Gasteiger partial charge in [-0.3, -0.25) is 0 Å². The first-order valence-corrected chi connectivity index (χ1v) is 2.92. The number of rotatable bonds is 1. The number of alkyl halides is 1. The minimum Gasteiger partial charge on any atom is -0.356 e. The maximum atomic E-state index is 8.04. The summed E-state index contributed by atoms with van der Waals surface area (Å²) in [5.74, 6) is 0. The summed E-state index contributed by atoms with van der Waals surface area (Å²) < 4.78 is 4.85. The first-order chi connectivity index (χ1) is 3.34. The van der Waals surface area contributed by atoms with Crippen LogP contribution in [0.5, 0.6) is 0 Å². The number of halogens is 1. The van der Waals surface area contributed by atoms with Crippen LogP contribution in [0.3, 0.4) is 0 Å². The van der Waals surface area contributed by atoms with E-state index in [9.17, 15) is 0 Å². The van der Waals surface area contributed by atoms with Gasteiger partial charge in [-0.15, -0.1) is 0 Å². The van der Waals surface area contributed by atoms with E-state index in [0.29, 0.717) is 6.42 Å². The lowest BCUT2D eigenvalue weighted by Crippen LogP contribution is -1.81. The monoisotopic (exact) mass is 161 g/mol. The molecule has 0 aromatic heterocycles. The van der Waals surface area contributed by atoms with E-state index in [1.807, 2.05) is 6.07 Å². The number of epoxide rings is 1. The standard InChI is InChI=1S/C4H4BrNO/c5-4-3(7-4)1-2-6/h3-4H,1H2. The van der Waals surface area contributed by atoms with Crippen molar-refractivity contribution in [1.29, 1.82) is 5.26 Å². The Morgan fingerprint density at radius 2 is 2.43 bits per heavy atom. The second-order valence-corrected chi connectivity index (χ2v) is 2.29. The highest BCUT2D eigenvalue weighted by molar-refractivity contribution is 9.09. The molecule has 1 rings (SSSR count). The lowest BCUT2D eigenvalue weighted by molar-refractivity contribution is 0.405. The fourth-order valence-electron chi connectivity index (χ4n) is 0.352. The third kappa shape index (κ3) is 1.15. The van der Waals surface area contributed by atoms with E-state index in [1.165, 1.54) is 0 Å². The molecule has 7 heavy (non-hydrogen) atoms. The van der Waals surface area contributed by atoms with Crippen molar-refractivity contribution in [2.45, 2.75) is 17.5 Å². The third-order valence-electron chi connectivity index (χ3n) is 0.813. The fraction of sp³-hybridized carbons (Fsp3) is 0.750. The summed E-state index contributed by atoms with van der Waals surface area (Å²) >= 11 is 3.18. The fourth-order valence-corrected chi connectivity index (χ4v) is 0.816. The molecule has 1 heterocycles. The summed E-state index contributed by atoms with van der Waals surface area (Å²) in [6, 6.07) is 2.01. The van der Waals surface area contributed by atoms with Gasteiger partial charge in [0.1, 0.15) is 11.1 Å². The molecule has 1 aliphatic rings. The summed E-state index contributed by atoms with van der Waals surface area (Å²) in [7, 11) is 0. The highest BCUT2D eigenvalue weighted by Crippen LogP contribution is 2.29. The van der Waals surface area contributed by atoms with Crippen molar-refractivity contribution in [2.24, 2.45) is 0 Å². The molecule has 0 aromatic carbocycles. The molecular weight excluding hydrogens is 158 g/mol. The molecule has 0 spiro atoms. The Hall–Kier alpha value is -0.0700. The molecule has 1 fully saturated rings. The van der Waals surface area contributed by atoms with Crippen molar-refractivity contribution >= 4 is 15.9 Å². The van der Waals surface area contributed by atoms with Crippen LogP contribution in [0, 0.1) is 11.3 Å². The third-order valence-corrected chi connectivity index (χ3v) is 1.62. The molecule has 0 N–H and O–H groups in total. The lowest BCUT2D eigenvalue weighted by atomic mass is 10.4. The zero-order valence-electron chi connectivity index (χ0n) is 3.60. The molecular formula is C4H4BrNO. The van der Waals surface area contributed by atoms with Gasteiger partial charge in [0, 0.05) is 0 Å². The highest BCUT2D eigenvalue weighted by atomic mass is 79.9. The van der Waals surface area contributed by atoms with Gasteiger partial charge in [-0.1, -0.05) is 15.9 Å². The minimum absolute atomic E-state index is 0.159. The molecule has 2 nitrogen and oxygen atoms in total. The maximum Gasteiger partial charge on any atom is 0.140 e. The van der Waals surface area contributed by atoms with Gasteiger partial charge in [0.25, 0.3) is 0 Å². The topological polar surface area (TPSA) is 36.3 Å². The van der Waals surface area contributed by atoms with E-state index >= 15 is 0 Å². The zero-order chi connectivity index (χ0) is 5.28. The molecule has 38 valence electrons. The van der Waals surface area contributed by atoms with Gasteiger partial charge >= 0.3 is 0 Å². The van der Waals surface area contributed by atoms with Crippen LogP contribution in [0.4, 0.5) is 0 Å². The van der Waals surface area contributed by atoms with Crippen LogP contribution in [0.1, 0.15) is 6.42 Å². The summed E-state index contributed by atoms with van der Waals surface area (Å²) in [5, 5.41) is 8.20. The largest absolute Gasteiger partial charge is 0.356 e. The van der Waals surface area contributed by atoms with Crippen molar-refractivity contribution in [1.82, 2.24) is 0 Å². The molecule has 0 aliphatic carbocycles. The first kappa shape index (κ1) is 5.07. The Morgan fingerprint density at radius 1 is 1.86 bits per heavy atom.